The highest BCUT2D eigenvalue weighted by Crippen LogP contribution is 2.10. The zero-order chi connectivity index (χ0) is 10.8. The van der Waals surface area contributed by atoms with E-state index >= 15 is 0 Å². The fourth-order valence-corrected chi connectivity index (χ4v) is 2.06. The third-order valence-corrected chi connectivity index (χ3v) is 3.38. The lowest BCUT2D eigenvalue weighted by molar-refractivity contribution is 0.985. The monoisotopic (exact) mass is 423 g/mol. The zero-order valence-corrected chi connectivity index (χ0v) is 12.0. The van der Waals surface area contributed by atoms with E-state index in [4.69, 9.17) is 0 Å². The van der Waals surface area contributed by atoms with Crippen LogP contribution in [-0.4, -0.2) is 4.57 Å². The lowest BCUT2D eigenvalue weighted by Gasteiger charge is -2.05. The molecule has 0 N–H and O–H groups in total. The fraction of sp³-hybridized carbons (Fsp3) is 0. The third-order valence-electron chi connectivity index (χ3n) is 1.99. The largest absolute Gasteiger partial charge is 0.284 e. The van der Waals surface area contributed by atoms with Crippen molar-refractivity contribution >= 4 is 45.2 Å². The number of hydrogen-bond acceptors (Lipinski definition) is 1. The molecule has 1 heterocycles. The van der Waals surface area contributed by atoms with Crippen LogP contribution in [0.15, 0.2) is 47.4 Å². The Balaban J connectivity index is 2.55. The van der Waals surface area contributed by atoms with Gasteiger partial charge in [0.25, 0.3) is 5.56 Å². The molecule has 0 spiro atoms. The molecule has 0 unspecified atom stereocenters. The molecule has 0 radical (unpaired) electrons. The van der Waals surface area contributed by atoms with Crippen LogP contribution in [0.4, 0.5) is 0 Å². The van der Waals surface area contributed by atoms with Gasteiger partial charge in [0.2, 0.25) is 0 Å². The molecule has 0 bridgehead atoms. The first-order valence-electron chi connectivity index (χ1n) is 4.31. The molecule has 4 heteroatoms. The Bertz CT molecular complexity index is 531. The quantitative estimate of drug-likeness (QED) is 0.647. The second-order valence-corrected chi connectivity index (χ2v) is 5.52. The van der Waals surface area contributed by atoms with Gasteiger partial charge < -0.3 is 0 Å². The van der Waals surface area contributed by atoms with E-state index in [0.717, 1.165) is 12.8 Å². The van der Waals surface area contributed by atoms with Gasteiger partial charge in [-0.3, -0.25) is 9.36 Å². The molecule has 0 saturated carbocycles. The van der Waals surface area contributed by atoms with Gasteiger partial charge in [-0.2, -0.15) is 0 Å². The summed E-state index contributed by atoms with van der Waals surface area (Å²) in [4.78, 5) is 11.7. The van der Waals surface area contributed by atoms with Gasteiger partial charge in [-0.05, 0) is 75.5 Å². The smallest absolute Gasteiger partial charge is 0.256 e. The molecule has 1 aromatic carbocycles. The summed E-state index contributed by atoms with van der Waals surface area (Å²) in [5.74, 6) is 0. The Morgan fingerprint density at radius 3 is 2.20 bits per heavy atom. The normalized spacial score (nSPS) is 10.3. The standard InChI is InChI=1S/C11H7I2NO/c12-8-1-3-10(4-2-8)14-6-5-9(13)7-11(14)15/h1-7H. The maximum absolute atomic E-state index is 11.7. The van der Waals surface area contributed by atoms with Crippen LogP contribution in [0.5, 0.6) is 0 Å². The van der Waals surface area contributed by atoms with Crippen molar-refractivity contribution in [3.8, 4) is 5.69 Å². The average molecular weight is 423 g/mol. The number of nitrogens with zero attached hydrogens (tertiary/aromatic N) is 1. The average Bonchev–Trinajstić information content (AvgIpc) is 2.20. The number of rotatable bonds is 1. The van der Waals surface area contributed by atoms with Gasteiger partial charge in [0.05, 0.1) is 0 Å². The minimum Gasteiger partial charge on any atom is -0.284 e. The van der Waals surface area contributed by atoms with Crippen molar-refractivity contribution in [2.75, 3.05) is 0 Å². The summed E-state index contributed by atoms with van der Waals surface area (Å²) >= 11 is 4.37. The SMILES string of the molecule is O=c1cc(I)ccn1-c1ccc(I)cc1. The van der Waals surface area contributed by atoms with Crippen LogP contribution in [0.3, 0.4) is 0 Å². The summed E-state index contributed by atoms with van der Waals surface area (Å²) in [6.07, 6.45) is 1.80. The van der Waals surface area contributed by atoms with Gasteiger partial charge in [0.1, 0.15) is 0 Å². The van der Waals surface area contributed by atoms with E-state index in [0.29, 0.717) is 0 Å². The van der Waals surface area contributed by atoms with Crippen LogP contribution in [0.2, 0.25) is 0 Å². The second-order valence-electron chi connectivity index (χ2n) is 3.03. The molecular formula is C11H7I2NO. The molecule has 0 amide bonds. The van der Waals surface area contributed by atoms with Crippen LogP contribution in [0, 0.1) is 7.14 Å². The molecular weight excluding hydrogens is 416 g/mol. The molecule has 0 aliphatic heterocycles. The van der Waals surface area contributed by atoms with Gasteiger partial charge >= 0.3 is 0 Å². The number of halogens is 2. The van der Waals surface area contributed by atoms with E-state index in [1.54, 1.807) is 16.8 Å². The lowest BCUT2D eigenvalue weighted by atomic mass is 10.3. The third kappa shape index (κ3) is 2.60. The molecule has 2 aromatic rings. The second kappa shape index (κ2) is 4.65. The van der Waals surface area contributed by atoms with Gasteiger partial charge in [-0.15, -0.1) is 0 Å². The number of hydrogen-bond donors (Lipinski definition) is 0. The lowest BCUT2D eigenvalue weighted by Crippen LogP contribution is -2.16. The fourth-order valence-electron chi connectivity index (χ4n) is 1.27. The van der Waals surface area contributed by atoms with E-state index in [-0.39, 0.29) is 5.56 Å². The van der Waals surface area contributed by atoms with E-state index in [1.807, 2.05) is 30.3 Å². The predicted octanol–water partition coefficient (Wildman–Crippen LogP) is 3.05. The summed E-state index contributed by atoms with van der Waals surface area (Å²) in [6.45, 7) is 0. The van der Waals surface area contributed by atoms with Crippen LogP contribution < -0.4 is 5.56 Å². The molecule has 0 saturated heterocycles. The Labute approximate surface area is 115 Å². The summed E-state index contributed by atoms with van der Waals surface area (Å²) in [5, 5.41) is 0. The molecule has 76 valence electrons. The molecule has 15 heavy (non-hydrogen) atoms. The Kier molecular flexibility index (Phi) is 3.45. The summed E-state index contributed by atoms with van der Waals surface area (Å²) in [5.41, 5.74) is 0.903. The van der Waals surface area contributed by atoms with Gasteiger partial charge in [-0.25, -0.2) is 0 Å². The summed E-state index contributed by atoms with van der Waals surface area (Å²) < 4.78 is 3.76. The first kappa shape index (κ1) is 11.1. The highest BCUT2D eigenvalue weighted by molar-refractivity contribution is 14.1. The van der Waals surface area contributed by atoms with Crippen molar-refractivity contribution in [3.05, 3.63) is 60.1 Å². The van der Waals surface area contributed by atoms with Crippen LogP contribution in [-0.2, 0) is 0 Å². The molecule has 2 nitrogen and oxygen atoms in total. The van der Waals surface area contributed by atoms with E-state index < -0.39 is 0 Å². The number of benzene rings is 1. The van der Waals surface area contributed by atoms with Crippen molar-refractivity contribution in [1.29, 1.82) is 0 Å². The van der Waals surface area contributed by atoms with Crippen molar-refractivity contribution in [1.82, 2.24) is 4.57 Å². The zero-order valence-electron chi connectivity index (χ0n) is 7.65. The van der Waals surface area contributed by atoms with Crippen molar-refractivity contribution in [2.24, 2.45) is 0 Å². The van der Waals surface area contributed by atoms with E-state index in [9.17, 15) is 4.79 Å². The van der Waals surface area contributed by atoms with Crippen LogP contribution in [0.25, 0.3) is 5.69 Å². The Morgan fingerprint density at radius 2 is 1.60 bits per heavy atom. The van der Waals surface area contributed by atoms with Gasteiger partial charge in [0, 0.05) is 25.1 Å². The van der Waals surface area contributed by atoms with Gasteiger partial charge in [-0.1, -0.05) is 0 Å². The van der Waals surface area contributed by atoms with Crippen molar-refractivity contribution in [3.63, 3.8) is 0 Å². The first-order chi connectivity index (χ1) is 7.16. The van der Waals surface area contributed by atoms with Crippen LogP contribution in [0.1, 0.15) is 0 Å². The minimum atomic E-state index is 0.00288. The highest BCUT2D eigenvalue weighted by atomic mass is 127. The van der Waals surface area contributed by atoms with E-state index in [2.05, 4.69) is 45.2 Å². The van der Waals surface area contributed by atoms with Crippen molar-refractivity contribution < 1.29 is 0 Å². The molecule has 0 atom stereocenters. The van der Waals surface area contributed by atoms with Gasteiger partial charge in [0.15, 0.2) is 0 Å². The minimum absolute atomic E-state index is 0.00288. The maximum atomic E-state index is 11.7. The molecule has 2 rings (SSSR count). The number of aromatic nitrogens is 1. The Hall–Kier alpha value is -0.370. The maximum Gasteiger partial charge on any atom is 0.256 e. The Morgan fingerprint density at radius 1 is 0.933 bits per heavy atom. The van der Waals surface area contributed by atoms with E-state index in [1.165, 1.54) is 0 Å². The molecule has 0 aliphatic carbocycles. The first-order valence-corrected chi connectivity index (χ1v) is 6.47. The van der Waals surface area contributed by atoms with Crippen molar-refractivity contribution in [2.45, 2.75) is 0 Å². The summed E-state index contributed by atoms with van der Waals surface area (Å²) in [7, 11) is 0. The number of pyridine rings is 1. The summed E-state index contributed by atoms with van der Waals surface area (Å²) in [6, 6.07) is 11.4. The topological polar surface area (TPSA) is 22.0 Å². The molecule has 0 aliphatic rings. The highest BCUT2D eigenvalue weighted by Gasteiger charge is 1.99. The molecule has 1 aromatic heterocycles. The predicted molar refractivity (Wildman–Crippen MR) is 77.5 cm³/mol. The van der Waals surface area contributed by atoms with Crippen LogP contribution >= 0.6 is 45.2 Å². The molecule has 0 fully saturated rings.